The molecule has 0 spiro atoms. The SMILES string of the molecule is CN1C(=O)CCOc2ccc(C(=O)CCC(=O)O)cc21. The van der Waals surface area contributed by atoms with E-state index >= 15 is 0 Å². The van der Waals surface area contributed by atoms with Crippen molar-refractivity contribution < 1.29 is 24.2 Å². The first-order chi connectivity index (χ1) is 9.49. The molecule has 1 aliphatic heterocycles. The van der Waals surface area contributed by atoms with Crippen LogP contribution in [-0.4, -0.2) is 36.4 Å². The molecular formula is C14H15NO5. The van der Waals surface area contributed by atoms with E-state index < -0.39 is 5.97 Å². The summed E-state index contributed by atoms with van der Waals surface area (Å²) in [4.78, 5) is 35.6. The third-order valence-electron chi connectivity index (χ3n) is 3.16. The fourth-order valence-electron chi connectivity index (χ4n) is 1.99. The Morgan fingerprint density at radius 2 is 2.10 bits per heavy atom. The second kappa shape index (κ2) is 5.73. The van der Waals surface area contributed by atoms with Crippen molar-refractivity contribution in [2.75, 3.05) is 18.6 Å². The minimum absolute atomic E-state index is 0.0629. The van der Waals surface area contributed by atoms with Gasteiger partial charge in [-0.2, -0.15) is 0 Å². The predicted molar refractivity (Wildman–Crippen MR) is 71.2 cm³/mol. The normalized spacial score (nSPS) is 14.2. The first kappa shape index (κ1) is 14.0. The van der Waals surface area contributed by atoms with Crippen LogP contribution < -0.4 is 9.64 Å². The lowest BCUT2D eigenvalue weighted by atomic mass is 10.1. The molecule has 106 valence electrons. The van der Waals surface area contributed by atoms with Gasteiger partial charge in [0.25, 0.3) is 0 Å². The van der Waals surface area contributed by atoms with E-state index in [9.17, 15) is 14.4 Å². The summed E-state index contributed by atoms with van der Waals surface area (Å²) in [5, 5.41) is 8.59. The van der Waals surface area contributed by atoms with Crippen LogP contribution in [0.1, 0.15) is 29.6 Å². The number of ketones is 1. The number of carbonyl (C=O) groups excluding carboxylic acids is 2. The van der Waals surface area contributed by atoms with Gasteiger partial charge in [0.05, 0.1) is 25.1 Å². The van der Waals surface area contributed by atoms with E-state index in [1.54, 1.807) is 25.2 Å². The maximum absolute atomic E-state index is 11.9. The molecule has 1 N–H and O–H groups in total. The Morgan fingerprint density at radius 3 is 2.80 bits per heavy atom. The topological polar surface area (TPSA) is 83.9 Å². The number of hydrogen-bond donors (Lipinski definition) is 1. The largest absolute Gasteiger partial charge is 0.491 e. The number of benzene rings is 1. The van der Waals surface area contributed by atoms with Crippen molar-refractivity contribution in [3.63, 3.8) is 0 Å². The number of ether oxygens (including phenoxy) is 1. The standard InChI is InChI=1S/C14H15NO5/c1-15-10-8-9(11(16)3-5-14(18)19)2-4-12(10)20-7-6-13(15)17/h2,4,8H,3,5-7H2,1H3,(H,18,19). The molecule has 20 heavy (non-hydrogen) atoms. The van der Waals surface area contributed by atoms with Gasteiger partial charge in [0.1, 0.15) is 5.75 Å². The molecule has 1 aliphatic rings. The van der Waals surface area contributed by atoms with Crippen LogP contribution in [0, 0.1) is 0 Å². The smallest absolute Gasteiger partial charge is 0.303 e. The van der Waals surface area contributed by atoms with E-state index in [1.165, 1.54) is 4.90 Å². The number of rotatable bonds is 4. The molecule has 6 nitrogen and oxygen atoms in total. The summed E-state index contributed by atoms with van der Waals surface area (Å²) in [6.07, 6.45) is 0.0152. The first-order valence-corrected chi connectivity index (χ1v) is 6.27. The summed E-state index contributed by atoms with van der Waals surface area (Å²) in [7, 11) is 1.63. The van der Waals surface area contributed by atoms with Gasteiger partial charge >= 0.3 is 5.97 Å². The number of anilines is 1. The highest BCUT2D eigenvalue weighted by atomic mass is 16.5. The molecule has 1 aromatic rings. The second-order valence-electron chi connectivity index (χ2n) is 4.55. The molecule has 0 saturated carbocycles. The van der Waals surface area contributed by atoms with Gasteiger partial charge in [-0.1, -0.05) is 0 Å². The number of aliphatic carboxylic acids is 1. The summed E-state index contributed by atoms with van der Waals surface area (Å²) >= 11 is 0. The van der Waals surface area contributed by atoms with Gasteiger partial charge in [-0.15, -0.1) is 0 Å². The number of amides is 1. The Balaban J connectivity index is 2.26. The van der Waals surface area contributed by atoms with E-state index in [2.05, 4.69) is 0 Å². The molecule has 0 aliphatic carbocycles. The van der Waals surface area contributed by atoms with Crippen LogP contribution >= 0.6 is 0 Å². The summed E-state index contributed by atoms with van der Waals surface area (Å²) in [5.74, 6) is -0.809. The van der Waals surface area contributed by atoms with Crippen LogP contribution in [0.3, 0.4) is 0 Å². The highest BCUT2D eigenvalue weighted by Gasteiger charge is 2.21. The third-order valence-corrected chi connectivity index (χ3v) is 3.16. The maximum atomic E-state index is 11.9. The van der Waals surface area contributed by atoms with Crippen LogP contribution in [0.5, 0.6) is 5.75 Å². The summed E-state index contributed by atoms with van der Waals surface area (Å²) in [6, 6.07) is 4.80. The lowest BCUT2D eigenvalue weighted by Gasteiger charge is -2.17. The monoisotopic (exact) mass is 277 g/mol. The Labute approximate surface area is 115 Å². The Hall–Kier alpha value is -2.37. The molecule has 0 aromatic heterocycles. The van der Waals surface area contributed by atoms with Crippen molar-refractivity contribution in [2.45, 2.75) is 19.3 Å². The molecular weight excluding hydrogens is 262 g/mol. The summed E-state index contributed by atoms with van der Waals surface area (Å²) < 4.78 is 5.45. The van der Waals surface area contributed by atoms with E-state index in [0.717, 1.165) is 0 Å². The Morgan fingerprint density at radius 1 is 1.35 bits per heavy atom. The van der Waals surface area contributed by atoms with E-state index in [4.69, 9.17) is 9.84 Å². The van der Waals surface area contributed by atoms with Crippen molar-refractivity contribution >= 4 is 23.3 Å². The molecule has 0 radical (unpaired) electrons. The number of carboxylic acid groups (broad SMARTS) is 1. The zero-order valence-electron chi connectivity index (χ0n) is 11.1. The van der Waals surface area contributed by atoms with E-state index in [0.29, 0.717) is 23.6 Å². The zero-order chi connectivity index (χ0) is 14.7. The molecule has 1 heterocycles. The van der Waals surface area contributed by atoms with Gasteiger partial charge in [0, 0.05) is 19.0 Å². The maximum Gasteiger partial charge on any atom is 0.303 e. The number of hydrogen-bond acceptors (Lipinski definition) is 4. The molecule has 1 aromatic carbocycles. The number of nitrogens with zero attached hydrogens (tertiary/aromatic N) is 1. The van der Waals surface area contributed by atoms with Gasteiger partial charge in [-0.05, 0) is 18.2 Å². The lowest BCUT2D eigenvalue weighted by molar-refractivity contribution is -0.137. The van der Waals surface area contributed by atoms with E-state index in [-0.39, 0.29) is 31.0 Å². The number of carboxylic acids is 1. The Kier molecular flexibility index (Phi) is 4.02. The average Bonchev–Trinajstić information content (AvgIpc) is 2.56. The van der Waals surface area contributed by atoms with Crippen LogP contribution in [-0.2, 0) is 9.59 Å². The molecule has 0 bridgehead atoms. The highest BCUT2D eigenvalue weighted by molar-refractivity contribution is 6.01. The van der Waals surface area contributed by atoms with Crippen molar-refractivity contribution in [2.24, 2.45) is 0 Å². The average molecular weight is 277 g/mol. The van der Waals surface area contributed by atoms with Crippen molar-refractivity contribution in [1.29, 1.82) is 0 Å². The van der Waals surface area contributed by atoms with Gasteiger partial charge in [-0.3, -0.25) is 14.4 Å². The summed E-state index contributed by atoms with van der Waals surface area (Å²) in [5.41, 5.74) is 0.920. The fraction of sp³-hybridized carbons (Fsp3) is 0.357. The van der Waals surface area contributed by atoms with Crippen LogP contribution in [0.4, 0.5) is 5.69 Å². The third kappa shape index (κ3) is 2.96. The molecule has 0 fully saturated rings. The number of carbonyl (C=O) groups is 3. The minimum Gasteiger partial charge on any atom is -0.491 e. The van der Waals surface area contributed by atoms with Crippen LogP contribution in [0.25, 0.3) is 0 Å². The van der Waals surface area contributed by atoms with Crippen molar-refractivity contribution in [3.8, 4) is 5.75 Å². The van der Waals surface area contributed by atoms with Crippen LogP contribution in [0.15, 0.2) is 18.2 Å². The van der Waals surface area contributed by atoms with Crippen molar-refractivity contribution in [3.05, 3.63) is 23.8 Å². The van der Waals surface area contributed by atoms with Gasteiger partial charge in [0.2, 0.25) is 5.91 Å². The second-order valence-corrected chi connectivity index (χ2v) is 4.55. The fourth-order valence-corrected chi connectivity index (χ4v) is 1.99. The molecule has 0 atom stereocenters. The van der Waals surface area contributed by atoms with Gasteiger partial charge in [-0.25, -0.2) is 0 Å². The molecule has 1 amide bonds. The highest BCUT2D eigenvalue weighted by Crippen LogP contribution is 2.31. The predicted octanol–water partition coefficient (Wildman–Crippen LogP) is 1.48. The quantitative estimate of drug-likeness (QED) is 0.843. The molecule has 0 unspecified atom stereocenters. The minimum atomic E-state index is -1.01. The number of fused-ring (bicyclic) bond motifs is 1. The zero-order valence-corrected chi connectivity index (χ0v) is 11.1. The van der Waals surface area contributed by atoms with Crippen molar-refractivity contribution in [1.82, 2.24) is 0 Å². The number of Topliss-reactive ketones (excluding diaryl/α,β-unsaturated/α-hetero) is 1. The molecule has 0 saturated heterocycles. The van der Waals surface area contributed by atoms with E-state index in [1.807, 2.05) is 0 Å². The van der Waals surface area contributed by atoms with Gasteiger partial charge in [0.15, 0.2) is 5.78 Å². The molecule has 2 rings (SSSR count). The summed E-state index contributed by atoms with van der Waals surface area (Å²) in [6.45, 7) is 0.308. The lowest BCUT2D eigenvalue weighted by Crippen LogP contribution is -2.25. The Bertz CT molecular complexity index is 567. The van der Waals surface area contributed by atoms with Gasteiger partial charge < -0.3 is 14.7 Å². The molecule has 6 heteroatoms. The van der Waals surface area contributed by atoms with Crippen LogP contribution in [0.2, 0.25) is 0 Å². The first-order valence-electron chi connectivity index (χ1n) is 6.27.